The fourth-order valence-corrected chi connectivity index (χ4v) is 1.89. The van der Waals surface area contributed by atoms with Crippen molar-refractivity contribution in [3.05, 3.63) is 52.4 Å². The highest BCUT2D eigenvalue weighted by Crippen LogP contribution is 2.20. The molecule has 106 valence electrons. The first-order chi connectivity index (χ1) is 9.63. The van der Waals surface area contributed by atoms with Crippen molar-refractivity contribution < 1.29 is 9.13 Å². The van der Waals surface area contributed by atoms with Gasteiger partial charge in [-0.15, -0.1) is 5.10 Å². The summed E-state index contributed by atoms with van der Waals surface area (Å²) in [5.41, 5.74) is 4.04. The standard InChI is InChI=1S/C13H14ClFN4O/c1-20-13-5-4-11(18-19-13)12(17-16)7-8-2-3-9(14)10(15)6-8/h2-6,12,17H,7,16H2,1H3. The summed E-state index contributed by atoms with van der Waals surface area (Å²) in [5.74, 6) is 5.48. The van der Waals surface area contributed by atoms with E-state index in [9.17, 15) is 4.39 Å². The van der Waals surface area contributed by atoms with Crippen LogP contribution in [0.3, 0.4) is 0 Å². The predicted molar refractivity (Wildman–Crippen MR) is 73.8 cm³/mol. The van der Waals surface area contributed by atoms with Gasteiger partial charge >= 0.3 is 0 Å². The fourth-order valence-electron chi connectivity index (χ4n) is 1.78. The summed E-state index contributed by atoms with van der Waals surface area (Å²) in [6.07, 6.45) is 0.464. The molecule has 1 unspecified atom stereocenters. The van der Waals surface area contributed by atoms with Crippen LogP contribution in [0.1, 0.15) is 17.3 Å². The smallest absolute Gasteiger partial charge is 0.233 e. The van der Waals surface area contributed by atoms with Crippen molar-refractivity contribution in [2.75, 3.05) is 7.11 Å². The molecule has 0 fully saturated rings. The third-order valence-corrected chi connectivity index (χ3v) is 3.16. The molecule has 0 amide bonds. The van der Waals surface area contributed by atoms with E-state index in [-0.39, 0.29) is 11.1 Å². The van der Waals surface area contributed by atoms with Crippen LogP contribution in [-0.2, 0) is 6.42 Å². The highest BCUT2D eigenvalue weighted by Gasteiger charge is 2.14. The maximum Gasteiger partial charge on any atom is 0.233 e. The molecule has 0 spiro atoms. The number of nitrogens with zero attached hydrogens (tertiary/aromatic N) is 2. The molecule has 7 heteroatoms. The second kappa shape index (κ2) is 6.60. The van der Waals surface area contributed by atoms with Crippen molar-refractivity contribution in [2.24, 2.45) is 5.84 Å². The van der Waals surface area contributed by atoms with E-state index in [0.29, 0.717) is 18.0 Å². The van der Waals surface area contributed by atoms with Crippen LogP contribution in [0.15, 0.2) is 30.3 Å². The van der Waals surface area contributed by atoms with Gasteiger partial charge in [-0.2, -0.15) is 5.10 Å². The Hall–Kier alpha value is -1.76. The number of ether oxygens (including phenoxy) is 1. The van der Waals surface area contributed by atoms with Crippen LogP contribution < -0.4 is 16.0 Å². The number of methoxy groups -OCH3 is 1. The molecule has 0 aliphatic carbocycles. The topological polar surface area (TPSA) is 73.1 Å². The fraction of sp³-hybridized carbons (Fsp3) is 0.231. The van der Waals surface area contributed by atoms with Crippen LogP contribution in [0.4, 0.5) is 4.39 Å². The van der Waals surface area contributed by atoms with Crippen LogP contribution >= 0.6 is 11.6 Å². The van der Waals surface area contributed by atoms with Gasteiger partial charge in [0.05, 0.1) is 23.9 Å². The van der Waals surface area contributed by atoms with E-state index in [4.69, 9.17) is 22.2 Å². The van der Waals surface area contributed by atoms with Gasteiger partial charge in [-0.1, -0.05) is 17.7 Å². The number of nitrogens with one attached hydrogen (secondary N) is 1. The first-order valence-electron chi connectivity index (χ1n) is 5.91. The number of hydrazine groups is 1. The zero-order valence-corrected chi connectivity index (χ0v) is 11.6. The Kier molecular flexibility index (Phi) is 4.84. The molecule has 20 heavy (non-hydrogen) atoms. The van der Waals surface area contributed by atoms with Crippen LogP contribution in [0.5, 0.6) is 5.88 Å². The van der Waals surface area contributed by atoms with E-state index in [0.717, 1.165) is 5.56 Å². The first-order valence-corrected chi connectivity index (χ1v) is 6.29. The van der Waals surface area contributed by atoms with E-state index >= 15 is 0 Å². The van der Waals surface area contributed by atoms with Gasteiger partial charge in [-0.25, -0.2) is 4.39 Å². The number of hydrogen-bond acceptors (Lipinski definition) is 5. The van der Waals surface area contributed by atoms with Crippen molar-refractivity contribution >= 4 is 11.6 Å². The number of rotatable bonds is 5. The number of nitrogens with two attached hydrogens (primary N) is 1. The summed E-state index contributed by atoms with van der Waals surface area (Å²) in [6, 6.07) is 7.79. The van der Waals surface area contributed by atoms with Gasteiger partial charge in [0.25, 0.3) is 0 Å². The van der Waals surface area contributed by atoms with Crippen molar-refractivity contribution in [3.63, 3.8) is 0 Å². The van der Waals surface area contributed by atoms with E-state index in [1.165, 1.54) is 19.2 Å². The molecular formula is C13H14ClFN4O. The molecule has 1 atom stereocenters. The molecule has 2 aromatic rings. The number of hydrogen-bond donors (Lipinski definition) is 2. The van der Waals surface area contributed by atoms with Gasteiger partial charge in [0.15, 0.2) is 0 Å². The highest BCUT2D eigenvalue weighted by molar-refractivity contribution is 6.30. The van der Waals surface area contributed by atoms with Crippen molar-refractivity contribution in [1.29, 1.82) is 0 Å². The third-order valence-electron chi connectivity index (χ3n) is 2.85. The summed E-state index contributed by atoms with van der Waals surface area (Å²) in [4.78, 5) is 0. The van der Waals surface area contributed by atoms with Gasteiger partial charge in [-0.3, -0.25) is 11.3 Å². The van der Waals surface area contributed by atoms with Gasteiger partial charge in [0.2, 0.25) is 5.88 Å². The Morgan fingerprint density at radius 1 is 1.35 bits per heavy atom. The normalized spacial score (nSPS) is 12.2. The van der Waals surface area contributed by atoms with E-state index in [2.05, 4.69) is 15.6 Å². The largest absolute Gasteiger partial charge is 0.480 e. The lowest BCUT2D eigenvalue weighted by Gasteiger charge is -2.15. The molecule has 0 aliphatic rings. The number of halogens is 2. The van der Waals surface area contributed by atoms with Gasteiger partial charge in [0, 0.05) is 6.07 Å². The number of aromatic nitrogens is 2. The summed E-state index contributed by atoms with van der Waals surface area (Å²) < 4.78 is 18.3. The minimum atomic E-state index is -0.458. The summed E-state index contributed by atoms with van der Waals surface area (Å²) in [7, 11) is 1.51. The first kappa shape index (κ1) is 14.6. The Morgan fingerprint density at radius 3 is 2.70 bits per heavy atom. The molecule has 2 rings (SSSR count). The van der Waals surface area contributed by atoms with E-state index < -0.39 is 5.82 Å². The second-order valence-corrected chi connectivity index (χ2v) is 4.58. The minimum absolute atomic E-state index is 0.0928. The van der Waals surface area contributed by atoms with E-state index in [1.54, 1.807) is 18.2 Å². The molecule has 0 bridgehead atoms. The molecule has 1 aromatic carbocycles. The Bertz CT molecular complexity index is 579. The van der Waals surface area contributed by atoms with Gasteiger partial charge in [0.1, 0.15) is 5.82 Å². The lowest BCUT2D eigenvalue weighted by Crippen LogP contribution is -2.30. The maximum absolute atomic E-state index is 13.4. The lowest BCUT2D eigenvalue weighted by atomic mass is 10.0. The van der Waals surface area contributed by atoms with Crippen LogP contribution in [0, 0.1) is 5.82 Å². The van der Waals surface area contributed by atoms with Crippen LogP contribution in [0.2, 0.25) is 5.02 Å². The quantitative estimate of drug-likeness (QED) is 0.652. The van der Waals surface area contributed by atoms with E-state index in [1.807, 2.05) is 0 Å². The molecule has 0 radical (unpaired) electrons. The molecule has 5 nitrogen and oxygen atoms in total. The molecule has 0 saturated carbocycles. The maximum atomic E-state index is 13.4. The molecule has 1 aromatic heterocycles. The second-order valence-electron chi connectivity index (χ2n) is 4.17. The van der Waals surface area contributed by atoms with Gasteiger partial charge in [-0.05, 0) is 30.2 Å². The Labute approximate surface area is 120 Å². The van der Waals surface area contributed by atoms with Crippen LogP contribution in [0.25, 0.3) is 0 Å². The highest BCUT2D eigenvalue weighted by atomic mass is 35.5. The molecule has 0 aliphatic heterocycles. The molecule has 3 N–H and O–H groups in total. The van der Waals surface area contributed by atoms with Crippen molar-refractivity contribution in [2.45, 2.75) is 12.5 Å². The zero-order chi connectivity index (χ0) is 14.5. The van der Waals surface area contributed by atoms with Crippen molar-refractivity contribution in [3.8, 4) is 5.88 Å². The van der Waals surface area contributed by atoms with Gasteiger partial charge < -0.3 is 4.74 Å². The summed E-state index contributed by atoms with van der Waals surface area (Å²) in [5, 5.41) is 7.99. The van der Waals surface area contributed by atoms with Crippen LogP contribution in [-0.4, -0.2) is 17.3 Å². The molecule has 1 heterocycles. The minimum Gasteiger partial charge on any atom is -0.480 e. The average molecular weight is 297 g/mol. The Morgan fingerprint density at radius 2 is 2.15 bits per heavy atom. The lowest BCUT2D eigenvalue weighted by molar-refractivity contribution is 0.389. The Balaban J connectivity index is 2.16. The number of benzene rings is 1. The summed E-state index contributed by atoms with van der Waals surface area (Å²) in [6.45, 7) is 0. The predicted octanol–water partition coefficient (Wildman–Crippen LogP) is 2.02. The molecule has 0 saturated heterocycles. The third kappa shape index (κ3) is 3.41. The average Bonchev–Trinajstić information content (AvgIpc) is 2.48. The monoisotopic (exact) mass is 296 g/mol. The SMILES string of the molecule is COc1ccc(C(Cc2ccc(Cl)c(F)c2)NN)nn1. The van der Waals surface area contributed by atoms with Crippen molar-refractivity contribution in [1.82, 2.24) is 15.6 Å². The summed E-state index contributed by atoms with van der Waals surface area (Å²) >= 11 is 5.65. The zero-order valence-electron chi connectivity index (χ0n) is 10.8. The molecular weight excluding hydrogens is 283 g/mol.